The van der Waals surface area contributed by atoms with Crippen molar-refractivity contribution < 1.29 is 9.90 Å². The van der Waals surface area contributed by atoms with Crippen LogP contribution >= 0.6 is 0 Å². The molecule has 0 aromatic carbocycles. The van der Waals surface area contributed by atoms with Gasteiger partial charge < -0.3 is 20.3 Å². The minimum atomic E-state index is -0.347. The maximum absolute atomic E-state index is 12.7. The van der Waals surface area contributed by atoms with Crippen LogP contribution in [0.5, 0.6) is 0 Å². The largest absolute Gasteiger partial charge is 0.395 e. The quantitative estimate of drug-likeness (QED) is 0.666. The number of hydrogen-bond acceptors (Lipinski definition) is 4. The summed E-state index contributed by atoms with van der Waals surface area (Å²) in [5.41, 5.74) is 0.875. The van der Waals surface area contributed by atoms with Crippen LogP contribution in [0.25, 0.3) is 0 Å². The molecule has 1 unspecified atom stereocenters. The highest BCUT2D eigenvalue weighted by molar-refractivity contribution is 5.83. The van der Waals surface area contributed by atoms with E-state index >= 15 is 0 Å². The number of carbonyl (C=O) groups excluding carboxylic acids is 1. The molecule has 19 heavy (non-hydrogen) atoms. The lowest BCUT2D eigenvalue weighted by Crippen LogP contribution is -2.50. The summed E-state index contributed by atoms with van der Waals surface area (Å²) in [6.45, 7) is 3.68. The van der Waals surface area contributed by atoms with Gasteiger partial charge in [0, 0.05) is 44.6 Å². The summed E-state index contributed by atoms with van der Waals surface area (Å²) in [6, 6.07) is 3.46. The van der Waals surface area contributed by atoms with Crippen LogP contribution < -0.4 is 5.32 Å². The number of aromatic nitrogens is 1. The van der Waals surface area contributed by atoms with Crippen LogP contribution in [-0.4, -0.2) is 72.2 Å². The third kappa shape index (κ3) is 3.34. The maximum Gasteiger partial charge on any atom is 0.246 e. The number of aliphatic hydroxyl groups excluding tert-OH is 1. The van der Waals surface area contributed by atoms with E-state index in [1.165, 1.54) is 0 Å². The minimum Gasteiger partial charge on any atom is -0.395 e. The van der Waals surface area contributed by atoms with Gasteiger partial charge in [-0.15, -0.1) is 0 Å². The average molecular weight is 266 g/mol. The van der Waals surface area contributed by atoms with Crippen molar-refractivity contribution in [1.29, 1.82) is 0 Å². The van der Waals surface area contributed by atoms with Crippen LogP contribution in [0, 0.1) is 0 Å². The van der Waals surface area contributed by atoms with Crippen LogP contribution in [0.3, 0.4) is 0 Å². The maximum atomic E-state index is 12.7. The van der Waals surface area contributed by atoms with Crippen molar-refractivity contribution in [2.75, 3.05) is 46.4 Å². The molecular formula is C13H22N4O2. The predicted octanol–water partition coefficient (Wildman–Crippen LogP) is -0.588. The van der Waals surface area contributed by atoms with E-state index in [2.05, 4.69) is 10.3 Å². The van der Waals surface area contributed by atoms with Crippen LogP contribution in [0.15, 0.2) is 18.3 Å². The van der Waals surface area contributed by atoms with Gasteiger partial charge in [-0.05, 0) is 19.2 Å². The number of likely N-dealkylation sites (N-methyl/N-ethyl adjacent to an activating group) is 1. The fourth-order valence-electron chi connectivity index (χ4n) is 2.42. The van der Waals surface area contributed by atoms with Gasteiger partial charge in [-0.2, -0.15) is 0 Å². The molecule has 6 heteroatoms. The molecule has 106 valence electrons. The summed E-state index contributed by atoms with van der Waals surface area (Å²) >= 11 is 0. The molecule has 1 aliphatic heterocycles. The van der Waals surface area contributed by atoms with Gasteiger partial charge in [0.25, 0.3) is 0 Å². The fraction of sp³-hybridized carbons (Fsp3) is 0.615. The molecule has 1 atom stereocenters. The Morgan fingerprint density at radius 2 is 2.26 bits per heavy atom. The third-order valence-electron chi connectivity index (χ3n) is 3.47. The summed E-state index contributed by atoms with van der Waals surface area (Å²) in [4.78, 5) is 19.5. The number of hydrogen-bond donors (Lipinski definition) is 3. The summed E-state index contributed by atoms with van der Waals surface area (Å²) in [6.07, 6.45) is 1.82. The molecule has 2 rings (SSSR count). The number of amides is 1. The Morgan fingerprint density at radius 1 is 1.53 bits per heavy atom. The molecule has 1 aromatic rings. The number of aliphatic hydroxyl groups is 1. The first-order valence-electron chi connectivity index (χ1n) is 6.68. The summed E-state index contributed by atoms with van der Waals surface area (Å²) < 4.78 is 0. The first-order valence-corrected chi connectivity index (χ1v) is 6.68. The number of nitrogens with one attached hydrogen (secondary N) is 2. The summed E-state index contributed by atoms with van der Waals surface area (Å²) in [5.74, 6) is 0.0971. The van der Waals surface area contributed by atoms with Gasteiger partial charge in [-0.1, -0.05) is 0 Å². The van der Waals surface area contributed by atoms with Crippen molar-refractivity contribution in [2.24, 2.45) is 0 Å². The van der Waals surface area contributed by atoms with E-state index in [0.717, 1.165) is 31.9 Å². The van der Waals surface area contributed by atoms with E-state index in [0.29, 0.717) is 6.54 Å². The molecule has 0 radical (unpaired) electrons. The lowest BCUT2D eigenvalue weighted by atomic mass is 10.1. The third-order valence-corrected chi connectivity index (χ3v) is 3.47. The highest BCUT2D eigenvalue weighted by Gasteiger charge is 2.30. The molecule has 1 aliphatic rings. The van der Waals surface area contributed by atoms with E-state index in [1.807, 2.05) is 35.2 Å². The molecule has 1 saturated heterocycles. The fourth-order valence-corrected chi connectivity index (χ4v) is 2.42. The van der Waals surface area contributed by atoms with Crippen LogP contribution in [0.2, 0.25) is 0 Å². The van der Waals surface area contributed by atoms with Gasteiger partial charge in [0.05, 0.1) is 6.61 Å². The Bertz CT molecular complexity index is 387. The van der Waals surface area contributed by atoms with E-state index in [1.54, 1.807) is 0 Å². The van der Waals surface area contributed by atoms with Crippen LogP contribution in [0.1, 0.15) is 11.7 Å². The lowest BCUT2D eigenvalue weighted by molar-refractivity contribution is -0.137. The van der Waals surface area contributed by atoms with Gasteiger partial charge in [-0.3, -0.25) is 9.69 Å². The lowest BCUT2D eigenvalue weighted by Gasteiger charge is -2.34. The number of rotatable bonds is 5. The SMILES string of the molecule is CN(CCO)C(C(=O)N1CCNCC1)c1ccc[nH]1. The molecule has 0 aliphatic carbocycles. The molecule has 1 amide bonds. The first-order chi connectivity index (χ1) is 9.24. The van der Waals surface area contributed by atoms with Crippen molar-refractivity contribution in [3.8, 4) is 0 Å². The molecule has 0 bridgehead atoms. The molecule has 3 N–H and O–H groups in total. The zero-order valence-electron chi connectivity index (χ0n) is 11.3. The van der Waals surface area contributed by atoms with Crippen LogP contribution in [-0.2, 0) is 4.79 Å². The van der Waals surface area contributed by atoms with Gasteiger partial charge >= 0.3 is 0 Å². The summed E-state index contributed by atoms with van der Waals surface area (Å²) in [5, 5.41) is 12.3. The second-order valence-corrected chi connectivity index (χ2v) is 4.81. The van der Waals surface area contributed by atoms with E-state index in [9.17, 15) is 4.79 Å². The normalized spacial score (nSPS) is 17.7. The second-order valence-electron chi connectivity index (χ2n) is 4.81. The highest BCUT2D eigenvalue weighted by atomic mass is 16.3. The van der Waals surface area contributed by atoms with E-state index < -0.39 is 0 Å². The number of carbonyl (C=O) groups is 1. The Hall–Kier alpha value is -1.37. The molecular weight excluding hydrogens is 244 g/mol. The van der Waals surface area contributed by atoms with Crippen molar-refractivity contribution >= 4 is 5.91 Å². The van der Waals surface area contributed by atoms with Gasteiger partial charge in [0.15, 0.2) is 0 Å². The zero-order chi connectivity index (χ0) is 13.7. The summed E-state index contributed by atoms with van der Waals surface area (Å²) in [7, 11) is 1.86. The van der Waals surface area contributed by atoms with Crippen LogP contribution in [0.4, 0.5) is 0 Å². The molecule has 1 fully saturated rings. The average Bonchev–Trinajstić information content (AvgIpc) is 2.94. The highest BCUT2D eigenvalue weighted by Crippen LogP contribution is 2.20. The van der Waals surface area contributed by atoms with Crippen molar-refractivity contribution in [1.82, 2.24) is 20.1 Å². The second kappa shape index (κ2) is 6.70. The Morgan fingerprint density at radius 3 is 2.84 bits per heavy atom. The molecule has 1 aromatic heterocycles. The zero-order valence-corrected chi connectivity index (χ0v) is 11.3. The minimum absolute atomic E-state index is 0.0442. The van der Waals surface area contributed by atoms with Gasteiger partial charge in [0.2, 0.25) is 5.91 Å². The number of nitrogens with zero attached hydrogens (tertiary/aromatic N) is 2. The Kier molecular flexibility index (Phi) is 4.95. The van der Waals surface area contributed by atoms with Crippen molar-refractivity contribution in [2.45, 2.75) is 6.04 Å². The number of aromatic amines is 1. The van der Waals surface area contributed by atoms with E-state index in [4.69, 9.17) is 5.11 Å². The Labute approximate surface area is 113 Å². The Balaban J connectivity index is 2.14. The van der Waals surface area contributed by atoms with Gasteiger partial charge in [0.1, 0.15) is 6.04 Å². The van der Waals surface area contributed by atoms with Crippen molar-refractivity contribution in [3.63, 3.8) is 0 Å². The molecule has 2 heterocycles. The van der Waals surface area contributed by atoms with Crippen molar-refractivity contribution in [3.05, 3.63) is 24.0 Å². The monoisotopic (exact) mass is 266 g/mol. The molecule has 6 nitrogen and oxygen atoms in total. The number of H-pyrrole nitrogens is 1. The first kappa shape index (κ1) is 14.0. The van der Waals surface area contributed by atoms with Gasteiger partial charge in [-0.25, -0.2) is 0 Å². The predicted molar refractivity (Wildman–Crippen MR) is 72.7 cm³/mol. The van der Waals surface area contributed by atoms with E-state index in [-0.39, 0.29) is 18.6 Å². The standard InChI is InChI=1S/C13H22N4O2/c1-16(9-10-18)12(11-3-2-4-15-11)13(19)17-7-5-14-6-8-17/h2-4,12,14-15,18H,5-10H2,1H3. The topological polar surface area (TPSA) is 71.6 Å². The number of piperazine rings is 1. The molecule has 0 saturated carbocycles. The smallest absolute Gasteiger partial charge is 0.246 e. The molecule has 0 spiro atoms.